The molecule has 0 bridgehead atoms. The van der Waals surface area contributed by atoms with Crippen LogP contribution in [0, 0.1) is 13.8 Å². The molecule has 20 heavy (non-hydrogen) atoms. The topological polar surface area (TPSA) is 48.4 Å². The molecule has 0 spiro atoms. The van der Waals surface area contributed by atoms with Crippen molar-refractivity contribution in [3.63, 3.8) is 0 Å². The van der Waals surface area contributed by atoms with Gasteiger partial charge in [-0.25, -0.2) is 9.78 Å². The lowest BCUT2D eigenvalue weighted by Gasteiger charge is -2.11. The number of halogens is 1. The molecule has 2 aromatic rings. The monoisotopic (exact) mass is 335 g/mol. The smallest absolute Gasteiger partial charge is 0.343 e. The summed E-state index contributed by atoms with van der Waals surface area (Å²) in [6.07, 6.45) is 1.57. The molecule has 0 fully saturated rings. The van der Waals surface area contributed by atoms with E-state index >= 15 is 0 Å². The highest BCUT2D eigenvalue weighted by Gasteiger charge is 2.15. The highest BCUT2D eigenvalue weighted by Crippen LogP contribution is 2.30. The third kappa shape index (κ3) is 2.99. The van der Waals surface area contributed by atoms with Crippen LogP contribution in [0.4, 0.5) is 0 Å². The van der Waals surface area contributed by atoms with Crippen molar-refractivity contribution in [1.82, 2.24) is 4.98 Å². The second-order valence-corrected chi connectivity index (χ2v) is 5.11. The van der Waals surface area contributed by atoms with Crippen LogP contribution in [0.3, 0.4) is 0 Å². The van der Waals surface area contributed by atoms with E-state index < -0.39 is 5.97 Å². The van der Waals surface area contributed by atoms with Gasteiger partial charge in [-0.1, -0.05) is 15.9 Å². The summed E-state index contributed by atoms with van der Waals surface area (Å²) in [5.41, 5.74) is 2.40. The third-order valence-electron chi connectivity index (χ3n) is 2.80. The Kier molecular flexibility index (Phi) is 4.39. The molecular weight excluding hydrogens is 322 g/mol. The minimum atomic E-state index is -0.473. The summed E-state index contributed by atoms with van der Waals surface area (Å²) in [6.45, 7) is 3.95. The summed E-state index contributed by atoms with van der Waals surface area (Å²) in [4.78, 5) is 15.8. The van der Waals surface area contributed by atoms with Gasteiger partial charge in [0.2, 0.25) is 5.88 Å². The van der Waals surface area contributed by atoms with Gasteiger partial charge >= 0.3 is 5.97 Å². The van der Waals surface area contributed by atoms with Crippen molar-refractivity contribution in [1.29, 1.82) is 0 Å². The van der Waals surface area contributed by atoms with Crippen LogP contribution in [0.1, 0.15) is 21.5 Å². The van der Waals surface area contributed by atoms with Crippen LogP contribution in [-0.4, -0.2) is 18.1 Å². The van der Waals surface area contributed by atoms with E-state index in [0.717, 1.165) is 15.6 Å². The second kappa shape index (κ2) is 6.05. The molecule has 0 atom stereocenters. The molecule has 2 rings (SSSR count). The van der Waals surface area contributed by atoms with E-state index in [-0.39, 0.29) is 5.88 Å². The van der Waals surface area contributed by atoms with E-state index in [1.165, 1.54) is 7.11 Å². The Morgan fingerprint density at radius 1 is 1.25 bits per heavy atom. The van der Waals surface area contributed by atoms with Crippen molar-refractivity contribution in [2.75, 3.05) is 7.11 Å². The van der Waals surface area contributed by atoms with E-state index in [9.17, 15) is 4.79 Å². The fourth-order valence-corrected chi connectivity index (χ4v) is 2.04. The zero-order chi connectivity index (χ0) is 14.7. The van der Waals surface area contributed by atoms with E-state index in [2.05, 4.69) is 20.9 Å². The van der Waals surface area contributed by atoms with Crippen molar-refractivity contribution in [2.24, 2.45) is 0 Å². The van der Waals surface area contributed by atoms with Gasteiger partial charge < -0.3 is 9.47 Å². The molecule has 0 aliphatic carbocycles. The highest BCUT2D eigenvalue weighted by atomic mass is 79.9. The predicted molar refractivity (Wildman–Crippen MR) is 79.3 cm³/mol. The number of nitrogens with zero attached hydrogens (tertiary/aromatic N) is 1. The highest BCUT2D eigenvalue weighted by molar-refractivity contribution is 9.10. The number of carbonyl (C=O) groups is 1. The summed E-state index contributed by atoms with van der Waals surface area (Å²) in [5, 5.41) is 0. The van der Waals surface area contributed by atoms with Gasteiger partial charge in [0.25, 0.3) is 0 Å². The van der Waals surface area contributed by atoms with Gasteiger partial charge in [-0.3, -0.25) is 0 Å². The Bertz CT molecular complexity index is 632. The van der Waals surface area contributed by atoms with Crippen molar-refractivity contribution in [3.8, 4) is 11.6 Å². The van der Waals surface area contributed by atoms with Crippen LogP contribution in [0.2, 0.25) is 0 Å². The minimum Gasteiger partial charge on any atom is -0.465 e. The minimum absolute atomic E-state index is 0.237. The summed E-state index contributed by atoms with van der Waals surface area (Å²) in [6, 6.07) is 7.05. The van der Waals surface area contributed by atoms with Crippen LogP contribution in [0.25, 0.3) is 0 Å². The molecule has 0 N–H and O–H groups in total. The third-order valence-corrected chi connectivity index (χ3v) is 4.05. The number of benzene rings is 1. The number of pyridine rings is 1. The second-order valence-electron chi connectivity index (χ2n) is 4.32. The molecule has 0 unspecified atom stereocenters. The Labute approximate surface area is 125 Å². The van der Waals surface area contributed by atoms with Crippen molar-refractivity contribution < 1.29 is 14.3 Å². The van der Waals surface area contributed by atoms with Gasteiger partial charge in [0.05, 0.1) is 7.11 Å². The molecule has 5 heteroatoms. The lowest BCUT2D eigenvalue weighted by atomic mass is 10.1. The van der Waals surface area contributed by atoms with Crippen LogP contribution >= 0.6 is 15.9 Å². The largest absolute Gasteiger partial charge is 0.465 e. The molecule has 0 aliphatic rings. The molecule has 0 saturated carbocycles. The zero-order valence-electron chi connectivity index (χ0n) is 11.4. The number of carbonyl (C=O) groups excluding carboxylic acids is 1. The molecule has 1 heterocycles. The molecule has 1 aromatic carbocycles. The lowest BCUT2D eigenvalue weighted by molar-refractivity contribution is 0.0597. The van der Waals surface area contributed by atoms with Gasteiger partial charge in [-0.05, 0) is 49.2 Å². The SMILES string of the molecule is COC(=O)c1cccnc1Oc1cc(C)c(Br)c(C)c1. The van der Waals surface area contributed by atoms with Crippen LogP contribution in [0.15, 0.2) is 34.9 Å². The molecular formula is C15H14BrNO3. The maximum absolute atomic E-state index is 11.7. The van der Waals surface area contributed by atoms with E-state index in [4.69, 9.17) is 9.47 Å². The summed E-state index contributed by atoms with van der Waals surface area (Å²) >= 11 is 3.50. The van der Waals surface area contributed by atoms with Gasteiger partial charge in [-0.2, -0.15) is 0 Å². The Balaban J connectivity index is 2.38. The standard InChI is InChI=1S/C15H14BrNO3/c1-9-7-11(8-10(2)13(9)16)20-14-12(15(18)19-3)5-4-6-17-14/h4-8H,1-3H3. The summed E-state index contributed by atoms with van der Waals surface area (Å²) < 4.78 is 11.5. The fraction of sp³-hybridized carbons (Fsp3) is 0.200. The number of esters is 1. The predicted octanol–water partition coefficient (Wildman–Crippen LogP) is 4.04. The van der Waals surface area contributed by atoms with Crippen LogP contribution in [-0.2, 0) is 4.74 Å². The molecule has 0 radical (unpaired) electrons. The molecule has 1 aromatic heterocycles. The first-order chi connectivity index (χ1) is 9.52. The van der Waals surface area contributed by atoms with Gasteiger partial charge in [-0.15, -0.1) is 0 Å². The first-order valence-electron chi connectivity index (χ1n) is 6.01. The average Bonchev–Trinajstić information content (AvgIpc) is 2.44. The maximum atomic E-state index is 11.7. The normalized spacial score (nSPS) is 10.2. The Morgan fingerprint density at radius 2 is 1.90 bits per heavy atom. The molecule has 0 amide bonds. The summed E-state index contributed by atoms with van der Waals surface area (Å²) in [7, 11) is 1.33. The van der Waals surface area contributed by atoms with E-state index in [1.54, 1.807) is 18.3 Å². The number of hydrogen-bond acceptors (Lipinski definition) is 4. The zero-order valence-corrected chi connectivity index (χ0v) is 13.0. The molecule has 4 nitrogen and oxygen atoms in total. The van der Waals surface area contributed by atoms with Crippen molar-refractivity contribution >= 4 is 21.9 Å². The average molecular weight is 336 g/mol. The Morgan fingerprint density at radius 3 is 2.50 bits per heavy atom. The van der Waals surface area contributed by atoms with Gasteiger partial charge in [0.1, 0.15) is 11.3 Å². The van der Waals surface area contributed by atoms with Crippen LogP contribution in [0.5, 0.6) is 11.6 Å². The van der Waals surface area contributed by atoms with Crippen LogP contribution < -0.4 is 4.74 Å². The number of aromatic nitrogens is 1. The quantitative estimate of drug-likeness (QED) is 0.794. The first-order valence-corrected chi connectivity index (χ1v) is 6.80. The number of hydrogen-bond donors (Lipinski definition) is 0. The molecule has 104 valence electrons. The van der Waals surface area contributed by atoms with Crippen molar-refractivity contribution in [2.45, 2.75) is 13.8 Å². The molecule has 0 aliphatic heterocycles. The maximum Gasteiger partial charge on any atom is 0.343 e. The van der Waals surface area contributed by atoms with E-state index in [0.29, 0.717) is 11.3 Å². The lowest BCUT2D eigenvalue weighted by Crippen LogP contribution is -2.05. The van der Waals surface area contributed by atoms with Gasteiger partial charge in [0, 0.05) is 10.7 Å². The fourth-order valence-electron chi connectivity index (χ4n) is 1.81. The number of aryl methyl sites for hydroxylation is 2. The number of methoxy groups -OCH3 is 1. The van der Waals surface area contributed by atoms with Gasteiger partial charge in [0.15, 0.2) is 0 Å². The Hall–Kier alpha value is -1.88. The molecule has 0 saturated heterocycles. The first kappa shape index (κ1) is 14.5. The van der Waals surface area contributed by atoms with Crippen molar-refractivity contribution in [3.05, 3.63) is 51.6 Å². The number of rotatable bonds is 3. The number of ether oxygens (including phenoxy) is 2. The van der Waals surface area contributed by atoms with E-state index in [1.807, 2.05) is 26.0 Å². The summed E-state index contributed by atoms with van der Waals surface area (Å²) in [5.74, 6) is 0.395.